The number of rotatable bonds is 3. The highest BCUT2D eigenvalue weighted by Crippen LogP contribution is 2.07. The molecule has 1 aliphatic heterocycles. The number of nitrogens with one attached hydrogen (secondary N) is 1. The minimum absolute atomic E-state index is 0.0951. The Balaban J connectivity index is 1.83. The molecule has 0 aliphatic carbocycles. The summed E-state index contributed by atoms with van der Waals surface area (Å²) in [5.74, 6) is 0.692. The normalized spacial score (nSPS) is 16.9. The van der Waals surface area contributed by atoms with Crippen LogP contribution in [0.2, 0.25) is 0 Å². The molecule has 2 heterocycles. The Morgan fingerprint density at radius 3 is 2.72 bits per heavy atom. The number of nitrogens with zero attached hydrogens (tertiary/aromatic N) is 4. The maximum absolute atomic E-state index is 12.0. The summed E-state index contributed by atoms with van der Waals surface area (Å²) in [6.07, 6.45) is 1.65. The number of aromatic nitrogens is 2. The number of β-amino-alcohol motifs (C(OH)–C–C–N with tert-alkyl or cyclic N) is 1. The molecule has 100 valence electrons. The standard InChI is InChI=1S/C11H19N5O2/c1-14-10(2-3-12-14)13-11(18)16-6-4-15(5-7-16)8-9-17/h2-3,17H,4-9H2,1H3,(H,13,18). The second kappa shape index (κ2) is 5.83. The maximum atomic E-state index is 12.0. The van der Waals surface area contributed by atoms with Gasteiger partial charge in [0.05, 0.1) is 12.8 Å². The first-order chi connectivity index (χ1) is 8.70. The lowest BCUT2D eigenvalue weighted by Gasteiger charge is -2.34. The minimum Gasteiger partial charge on any atom is -0.395 e. The van der Waals surface area contributed by atoms with E-state index in [1.165, 1.54) is 0 Å². The molecule has 0 radical (unpaired) electrons. The van der Waals surface area contributed by atoms with Crippen molar-refractivity contribution >= 4 is 11.8 Å². The van der Waals surface area contributed by atoms with E-state index in [0.717, 1.165) is 13.1 Å². The Morgan fingerprint density at radius 2 is 2.17 bits per heavy atom. The summed E-state index contributed by atoms with van der Waals surface area (Å²) in [5, 5.41) is 15.7. The number of carbonyl (C=O) groups excluding carboxylic acids is 1. The molecule has 7 nitrogen and oxygen atoms in total. The van der Waals surface area contributed by atoms with Crippen LogP contribution in [0.1, 0.15) is 0 Å². The molecule has 1 fully saturated rings. The third-order valence-electron chi connectivity index (χ3n) is 3.13. The first kappa shape index (κ1) is 12.8. The van der Waals surface area contributed by atoms with Gasteiger partial charge in [-0.2, -0.15) is 5.10 Å². The molecule has 0 unspecified atom stereocenters. The number of hydrogen-bond acceptors (Lipinski definition) is 4. The molecular formula is C11H19N5O2. The monoisotopic (exact) mass is 253 g/mol. The summed E-state index contributed by atoms with van der Waals surface area (Å²) < 4.78 is 1.62. The molecule has 2 N–H and O–H groups in total. The van der Waals surface area contributed by atoms with Crippen molar-refractivity contribution in [1.29, 1.82) is 0 Å². The molecule has 1 aromatic heterocycles. The summed E-state index contributed by atoms with van der Waals surface area (Å²) >= 11 is 0. The molecule has 0 spiro atoms. The Bertz CT molecular complexity index is 398. The molecule has 2 amide bonds. The smallest absolute Gasteiger partial charge is 0.323 e. The maximum Gasteiger partial charge on any atom is 0.323 e. The van der Waals surface area contributed by atoms with Gasteiger partial charge in [-0.25, -0.2) is 4.79 Å². The van der Waals surface area contributed by atoms with Crippen LogP contribution in [-0.4, -0.2) is 70.0 Å². The van der Waals surface area contributed by atoms with Crippen LogP contribution in [0.5, 0.6) is 0 Å². The predicted octanol–water partition coefficient (Wildman–Crippen LogP) is -0.438. The molecule has 1 aliphatic rings. The van der Waals surface area contributed by atoms with Crippen molar-refractivity contribution in [3.05, 3.63) is 12.3 Å². The number of amides is 2. The first-order valence-corrected chi connectivity index (χ1v) is 6.08. The summed E-state index contributed by atoms with van der Waals surface area (Å²) in [6.45, 7) is 3.82. The zero-order valence-electron chi connectivity index (χ0n) is 10.5. The molecule has 18 heavy (non-hydrogen) atoms. The van der Waals surface area contributed by atoms with Gasteiger partial charge >= 0.3 is 6.03 Å². The van der Waals surface area contributed by atoms with E-state index in [1.54, 1.807) is 28.9 Å². The number of piperazine rings is 1. The van der Waals surface area contributed by atoms with Crippen LogP contribution < -0.4 is 5.32 Å². The number of aliphatic hydroxyl groups is 1. The van der Waals surface area contributed by atoms with Gasteiger partial charge in [-0.3, -0.25) is 14.9 Å². The van der Waals surface area contributed by atoms with Crippen molar-refractivity contribution in [2.24, 2.45) is 7.05 Å². The number of anilines is 1. The number of aryl methyl sites for hydroxylation is 1. The molecule has 1 aromatic rings. The fraction of sp³-hybridized carbons (Fsp3) is 0.636. The van der Waals surface area contributed by atoms with Gasteiger partial charge in [0.25, 0.3) is 0 Å². The van der Waals surface area contributed by atoms with Crippen molar-refractivity contribution in [1.82, 2.24) is 19.6 Å². The van der Waals surface area contributed by atoms with Crippen molar-refractivity contribution in [2.75, 3.05) is 44.6 Å². The van der Waals surface area contributed by atoms with Crippen molar-refractivity contribution in [2.45, 2.75) is 0 Å². The molecular weight excluding hydrogens is 234 g/mol. The van der Waals surface area contributed by atoms with Crippen LogP contribution in [0.15, 0.2) is 12.3 Å². The zero-order chi connectivity index (χ0) is 13.0. The second-order valence-electron chi connectivity index (χ2n) is 4.32. The number of carbonyl (C=O) groups is 1. The van der Waals surface area contributed by atoms with Gasteiger partial charge in [0, 0.05) is 45.8 Å². The molecule has 7 heteroatoms. The van der Waals surface area contributed by atoms with E-state index in [0.29, 0.717) is 25.5 Å². The Hall–Kier alpha value is -1.60. The van der Waals surface area contributed by atoms with Crippen molar-refractivity contribution in [3.63, 3.8) is 0 Å². The van der Waals surface area contributed by atoms with Crippen LogP contribution in [0.3, 0.4) is 0 Å². The van der Waals surface area contributed by atoms with Crippen LogP contribution in [-0.2, 0) is 7.05 Å². The van der Waals surface area contributed by atoms with E-state index < -0.39 is 0 Å². The lowest BCUT2D eigenvalue weighted by atomic mass is 10.3. The fourth-order valence-electron chi connectivity index (χ4n) is 2.00. The number of urea groups is 1. The average molecular weight is 253 g/mol. The first-order valence-electron chi connectivity index (χ1n) is 6.08. The van der Waals surface area contributed by atoms with Crippen molar-refractivity contribution in [3.8, 4) is 0 Å². The lowest BCUT2D eigenvalue weighted by Crippen LogP contribution is -2.50. The molecule has 0 bridgehead atoms. The second-order valence-corrected chi connectivity index (χ2v) is 4.32. The Labute approximate surface area is 106 Å². The fourth-order valence-corrected chi connectivity index (χ4v) is 2.00. The topological polar surface area (TPSA) is 73.6 Å². The third-order valence-corrected chi connectivity index (χ3v) is 3.13. The van der Waals surface area contributed by atoms with Gasteiger partial charge in [-0.15, -0.1) is 0 Å². The third kappa shape index (κ3) is 2.99. The van der Waals surface area contributed by atoms with Crippen molar-refractivity contribution < 1.29 is 9.90 Å². The largest absolute Gasteiger partial charge is 0.395 e. The molecule has 0 saturated carbocycles. The average Bonchev–Trinajstić information content (AvgIpc) is 2.76. The van der Waals surface area contributed by atoms with E-state index in [2.05, 4.69) is 15.3 Å². The summed E-state index contributed by atoms with van der Waals surface area (Å²) in [7, 11) is 1.79. The molecule has 0 aromatic carbocycles. The van der Waals surface area contributed by atoms with Gasteiger partial charge in [-0.1, -0.05) is 0 Å². The lowest BCUT2D eigenvalue weighted by molar-refractivity contribution is 0.127. The SMILES string of the molecule is Cn1nccc1NC(=O)N1CCN(CCO)CC1. The Morgan fingerprint density at radius 1 is 1.44 bits per heavy atom. The van der Waals surface area contributed by atoms with Crippen LogP contribution in [0.25, 0.3) is 0 Å². The highest BCUT2D eigenvalue weighted by molar-refractivity contribution is 5.88. The minimum atomic E-state index is -0.0951. The van der Waals surface area contributed by atoms with E-state index in [4.69, 9.17) is 5.11 Å². The molecule has 0 atom stereocenters. The van der Waals surface area contributed by atoms with Gasteiger partial charge in [-0.05, 0) is 0 Å². The summed E-state index contributed by atoms with van der Waals surface area (Å²) in [5.41, 5.74) is 0. The van der Waals surface area contributed by atoms with Crippen LogP contribution in [0.4, 0.5) is 10.6 Å². The van der Waals surface area contributed by atoms with Gasteiger partial charge in [0.15, 0.2) is 0 Å². The van der Waals surface area contributed by atoms with Gasteiger partial charge in [0.1, 0.15) is 5.82 Å². The van der Waals surface area contributed by atoms with Crippen LogP contribution in [0, 0.1) is 0 Å². The number of aliphatic hydroxyl groups excluding tert-OH is 1. The summed E-state index contributed by atoms with van der Waals surface area (Å²) in [4.78, 5) is 15.9. The van der Waals surface area contributed by atoms with E-state index in [1.807, 2.05) is 0 Å². The highest BCUT2D eigenvalue weighted by Gasteiger charge is 2.21. The Kier molecular flexibility index (Phi) is 4.16. The highest BCUT2D eigenvalue weighted by atomic mass is 16.3. The van der Waals surface area contributed by atoms with Gasteiger partial charge in [0.2, 0.25) is 0 Å². The van der Waals surface area contributed by atoms with Gasteiger partial charge < -0.3 is 10.0 Å². The molecule has 2 rings (SSSR count). The van der Waals surface area contributed by atoms with Crippen LogP contribution >= 0.6 is 0 Å². The number of hydrogen-bond donors (Lipinski definition) is 2. The zero-order valence-corrected chi connectivity index (χ0v) is 10.5. The van der Waals surface area contributed by atoms with E-state index in [-0.39, 0.29) is 12.6 Å². The summed E-state index contributed by atoms with van der Waals surface area (Å²) in [6, 6.07) is 1.67. The van der Waals surface area contributed by atoms with E-state index >= 15 is 0 Å². The predicted molar refractivity (Wildman–Crippen MR) is 67.3 cm³/mol. The molecule has 1 saturated heterocycles. The quantitative estimate of drug-likeness (QED) is 0.766. The van der Waals surface area contributed by atoms with E-state index in [9.17, 15) is 4.79 Å².